The van der Waals surface area contributed by atoms with Crippen molar-refractivity contribution >= 4 is 17.8 Å². The van der Waals surface area contributed by atoms with Crippen molar-refractivity contribution < 1.29 is 27.6 Å². The number of piperidine rings is 1. The van der Waals surface area contributed by atoms with Crippen molar-refractivity contribution in [3.63, 3.8) is 0 Å². The molecule has 1 aromatic rings. The van der Waals surface area contributed by atoms with E-state index in [0.29, 0.717) is 31.4 Å². The molecule has 32 heavy (non-hydrogen) atoms. The number of imide groups is 1. The fourth-order valence-electron chi connectivity index (χ4n) is 5.20. The van der Waals surface area contributed by atoms with Crippen LogP contribution in [0.15, 0.2) is 24.3 Å². The minimum absolute atomic E-state index is 0.00632. The third-order valence-corrected chi connectivity index (χ3v) is 6.95. The Morgan fingerprint density at radius 3 is 2.38 bits per heavy atom. The molecule has 2 aliphatic heterocycles. The number of nitrogens with zero attached hydrogens (tertiary/aromatic N) is 2. The summed E-state index contributed by atoms with van der Waals surface area (Å²) in [5.74, 6) is -0.437. The Labute approximate surface area is 185 Å². The highest BCUT2D eigenvalue weighted by Crippen LogP contribution is 2.36. The largest absolute Gasteiger partial charge is 0.416 e. The first-order valence-corrected chi connectivity index (χ1v) is 11.3. The van der Waals surface area contributed by atoms with Crippen LogP contribution < -0.4 is 5.32 Å². The van der Waals surface area contributed by atoms with E-state index in [1.165, 1.54) is 12.1 Å². The quantitative estimate of drug-likeness (QED) is 0.690. The summed E-state index contributed by atoms with van der Waals surface area (Å²) in [6.45, 7) is 0.524. The van der Waals surface area contributed by atoms with Gasteiger partial charge < -0.3 is 10.2 Å². The lowest BCUT2D eigenvalue weighted by Gasteiger charge is -2.36. The zero-order chi connectivity index (χ0) is 22.9. The van der Waals surface area contributed by atoms with Gasteiger partial charge in [-0.1, -0.05) is 31.4 Å². The van der Waals surface area contributed by atoms with Crippen molar-refractivity contribution in [2.75, 3.05) is 13.1 Å². The van der Waals surface area contributed by atoms with Crippen LogP contribution in [-0.4, -0.2) is 46.3 Å². The molecule has 1 atom stereocenters. The molecule has 3 aliphatic rings. The van der Waals surface area contributed by atoms with E-state index in [0.717, 1.165) is 49.1 Å². The third kappa shape index (κ3) is 4.34. The zero-order valence-corrected chi connectivity index (χ0v) is 17.9. The predicted molar refractivity (Wildman–Crippen MR) is 110 cm³/mol. The summed E-state index contributed by atoms with van der Waals surface area (Å²) in [6.07, 6.45) is 2.05. The molecule has 0 radical (unpaired) electrons. The zero-order valence-electron chi connectivity index (χ0n) is 17.9. The number of urea groups is 1. The molecule has 0 unspecified atom stereocenters. The summed E-state index contributed by atoms with van der Waals surface area (Å²) >= 11 is 0. The monoisotopic (exact) mass is 451 g/mol. The molecule has 4 rings (SSSR count). The highest BCUT2D eigenvalue weighted by Gasteiger charge is 2.51. The van der Waals surface area contributed by atoms with Gasteiger partial charge in [0.05, 0.1) is 11.6 Å². The van der Waals surface area contributed by atoms with Crippen molar-refractivity contribution in [3.05, 3.63) is 35.4 Å². The molecule has 1 aliphatic carbocycles. The Bertz CT molecular complexity index is 879. The Balaban J connectivity index is 1.41. The molecule has 4 amide bonds. The van der Waals surface area contributed by atoms with E-state index >= 15 is 0 Å². The molecule has 1 spiro atoms. The first-order chi connectivity index (χ1) is 15.2. The number of likely N-dealkylation sites (tertiary alicyclic amines) is 1. The van der Waals surface area contributed by atoms with Crippen LogP contribution in [0.2, 0.25) is 0 Å². The fourth-order valence-corrected chi connectivity index (χ4v) is 5.20. The standard InChI is InChI=1S/C23H28F3N3O3/c24-23(25,26)17-9-7-16(8-10-17)18-6-2-5-14-28(18)19(30)11-15-29-20(31)22(27-21(29)32)12-3-1-4-13-22/h7-10,18H,1-6,11-15H2,(H,27,32)/t18-/m1/s1. The maximum absolute atomic E-state index is 13.0. The van der Waals surface area contributed by atoms with E-state index in [1.54, 1.807) is 4.90 Å². The normalized spacial score (nSPS) is 23.5. The van der Waals surface area contributed by atoms with Gasteiger partial charge in [-0.2, -0.15) is 13.2 Å². The molecule has 1 N–H and O–H groups in total. The second kappa shape index (κ2) is 8.75. The number of hydrogen-bond acceptors (Lipinski definition) is 3. The van der Waals surface area contributed by atoms with Crippen molar-refractivity contribution in [2.24, 2.45) is 0 Å². The topological polar surface area (TPSA) is 69.7 Å². The number of carbonyl (C=O) groups is 3. The van der Waals surface area contributed by atoms with Crippen LogP contribution in [0.25, 0.3) is 0 Å². The maximum atomic E-state index is 13.0. The van der Waals surface area contributed by atoms with Crippen LogP contribution in [0.5, 0.6) is 0 Å². The van der Waals surface area contributed by atoms with Crippen molar-refractivity contribution in [1.29, 1.82) is 0 Å². The predicted octanol–water partition coefficient (Wildman–Crippen LogP) is 4.40. The molecule has 3 fully saturated rings. The number of halogens is 3. The average molecular weight is 451 g/mol. The van der Waals surface area contributed by atoms with E-state index in [4.69, 9.17) is 0 Å². The van der Waals surface area contributed by atoms with E-state index < -0.39 is 23.3 Å². The molecule has 2 saturated heterocycles. The second-order valence-electron chi connectivity index (χ2n) is 9.00. The Kier molecular flexibility index (Phi) is 6.18. The van der Waals surface area contributed by atoms with Gasteiger partial charge in [-0.25, -0.2) is 4.79 Å². The van der Waals surface area contributed by atoms with Gasteiger partial charge in [0.1, 0.15) is 5.54 Å². The van der Waals surface area contributed by atoms with Gasteiger partial charge in [0.15, 0.2) is 0 Å². The minimum atomic E-state index is -4.40. The highest BCUT2D eigenvalue weighted by molar-refractivity contribution is 6.07. The number of alkyl halides is 3. The average Bonchev–Trinajstić information content (AvgIpc) is 3.00. The molecule has 0 bridgehead atoms. The molecular formula is C23H28F3N3O3. The summed E-state index contributed by atoms with van der Waals surface area (Å²) in [5.41, 5.74) is -0.862. The summed E-state index contributed by atoms with van der Waals surface area (Å²) in [4.78, 5) is 41.2. The number of benzene rings is 1. The molecule has 1 aromatic carbocycles. The first-order valence-electron chi connectivity index (χ1n) is 11.3. The van der Waals surface area contributed by atoms with E-state index in [1.807, 2.05) is 0 Å². The molecule has 2 heterocycles. The lowest BCUT2D eigenvalue weighted by molar-refractivity contribution is -0.138. The molecule has 174 valence electrons. The van der Waals surface area contributed by atoms with Crippen molar-refractivity contribution in [1.82, 2.24) is 15.1 Å². The van der Waals surface area contributed by atoms with E-state index in [9.17, 15) is 27.6 Å². The Morgan fingerprint density at radius 2 is 1.72 bits per heavy atom. The van der Waals surface area contributed by atoms with E-state index in [2.05, 4.69) is 5.32 Å². The van der Waals surface area contributed by atoms with E-state index in [-0.39, 0.29) is 30.8 Å². The fraction of sp³-hybridized carbons (Fsp3) is 0.609. The van der Waals surface area contributed by atoms with Gasteiger partial charge in [0.2, 0.25) is 5.91 Å². The highest BCUT2D eigenvalue weighted by atomic mass is 19.4. The number of rotatable bonds is 4. The summed E-state index contributed by atoms with van der Waals surface area (Å²) < 4.78 is 38.6. The second-order valence-corrected chi connectivity index (χ2v) is 9.00. The van der Waals surface area contributed by atoms with Crippen LogP contribution in [0.4, 0.5) is 18.0 Å². The van der Waals surface area contributed by atoms with Crippen LogP contribution in [0.1, 0.15) is 75.0 Å². The molecule has 9 heteroatoms. The van der Waals surface area contributed by atoms with Gasteiger partial charge in [-0.05, 0) is 49.8 Å². The molecule has 0 aromatic heterocycles. The summed E-state index contributed by atoms with van der Waals surface area (Å²) in [5, 5.41) is 2.85. The van der Waals surface area contributed by atoms with Gasteiger partial charge in [-0.15, -0.1) is 0 Å². The first kappa shape index (κ1) is 22.6. The third-order valence-electron chi connectivity index (χ3n) is 6.95. The minimum Gasteiger partial charge on any atom is -0.336 e. The van der Waals surface area contributed by atoms with Gasteiger partial charge >= 0.3 is 12.2 Å². The number of carbonyl (C=O) groups excluding carboxylic acids is 3. The van der Waals surface area contributed by atoms with Gasteiger partial charge in [0, 0.05) is 19.5 Å². The Morgan fingerprint density at radius 1 is 1.03 bits per heavy atom. The lowest BCUT2D eigenvalue weighted by Crippen LogP contribution is -2.48. The van der Waals surface area contributed by atoms with Crippen molar-refractivity contribution in [3.8, 4) is 0 Å². The molecular weight excluding hydrogens is 423 g/mol. The van der Waals surface area contributed by atoms with Crippen LogP contribution >= 0.6 is 0 Å². The summed E-state index contributed by atoms with van der Waals surface area (Å²) in [7, 11) is 0. The van der Waals surface area contributed by atoms with Crippen LogP contribution in [0, 0.1) is 0 Å². The SMILES string of the molecule is O=C1NC2(CCCCC2)C(=O)N1CCC(=O)N1CCCC[C@@H]1c1ccc(C(F)(F)F)cc1. The van der Waals surface area contributed by atoms with Gasteiger partial charge in [-0.3, -0.25) is 14.5 Å². The number of amides is 4. The summed E-state index contributed by atoms with van der Waals surface area (Å²) in [6, 6.07) is 4.22. The van der Waals surface area contributed by atoms with Crippen LogP contribution in [0.3, 0.4) is 0 Å². The van der Waals surface area contributed by atoms with Crippen molar-refractivity contribution in [2.45, 2.75) is 75.5 Å². The molecule has 1 saturated carbocycles. The maximum Gasteiger partial charge on any atom is 0.416 e. The Hall–Kier alpha value is -2.58. The molecule has 6 nitrogen and oxygen atoms in total. The lowest BCUT2D eigenvalue weighted by atomic mass is 9.82. The smallest absolute Gasteiger partial charge is 0.336 e. The van der Waals surface area contributed by atoms with Gasteiger partial charge in [0.25, 0.3) is 5.91 Å². The number of nitrogens with one attached hydrogen (secondary N) is 1. The number of hydrogen-bond donors (Lipinski definition) is 1. The van der Waals surface area contributed by atoms with Crippen LogP contribution in [-0.2, 0) is 15.8 Å².